The number of halogens is 1. The maximum Gasteiger partial charge on any atom is 0.231 e. The van der Waals surface area contributed by atoms with Crippen molar-refractivity contribution in [2.45, 2.75) is 6.92 Å². The number of rotatable bonds is 2. The van der Waals surface area contributed by atoms with Gasteiger partial charge in [0.25, 0.3) is 0 Å². The second kappa shape index (κ2) is 3.95. The zero-order valence-corrected chi connectivity index (χ0v) is 8.88. The van der Waals surface area contributed by atoms with Crippen LogP contribution < -0.4 is 9.47 Å². The van der Waals surface area contributed by atoms with Crippen LogP contribution >= 0.6 is 11.6 Å². The van der Waals surface area contributed by atoms with E-state index >= 15 is 0 Å². The van der Waals surface area contributed by atoms with Crippen LogP contribution in [0.5, 0.6) is 11.5 Å². The highest BCUT2D eigenvalue weighted by Gasteiger charge is 2.17. The van der Waals surface area contributed by atoms with Crippen molar-refractivity contribution in [3.05, 3.63) is 28.8 Å². The van der Waals surface area contributed by atoms with E-state index in [1.54, 1.807) is 18.2 Å². The van der Waals surface area contributed by atoms with Gasteiger partial charge in [-0.25, -0.2) is 0 Å². The van der Waals surface area contributed by atoms with Gasteiger partial charge in [0, 0.05) is 0 Å². The van der Waals surface area contributed by atoms with Crippen molar-refractivity contribution in [2.75, 3.05) is 6.79 Å². The predicted octanol–water partition coefficient (Wildman–Crippen LogP) is 2.67. The maximum atomic E-state index is 10.8. The molecule has 1 heterocycles. The molecule has 15 heavy (non-hydrogen) atoms. The molecule has 0 radical (unpaired) electrons. The van der Waals surface area contributed by atoms with E-state index in [9.17, 15) is 4.79 Å². The second-order valence-electron chi connectivity index (χ2n) is 3.18. The molecule has 1 aliphatic heterocycles. The summed E-state index contributed by atoms with van der Waals surface area (Å²) < 4.78 is 10.4. The second-order valence-corrected chi connectivity index (χ2v) is 3.59. The van der Waals surface area contributed by atoms with Crippen LogP contribution in [0.3, 0.4) is 0 Å². The van der Waals surface area contributed by atoms with E-state index in [2.05, 4.69) is 0 Å². The van der Waals surface area contributed by atoms with Crippen LogP contribution in [0.2, 0.25) is 5.02 Å². The lowest BCUT2D eigenvalue weighted by Gasteiger charge is -2.00. The highest BCUT2D eigenvalue weighted by Crippen LogP contribution is 2.39. The Hall–Kier alpha value is -1.48. The maximum absolute atomic E-state index is 10.8. The lowest BCUT2D eigenvalue weighted by molar-refractivity contribution is -0.112. The minimum Gasteiger partial charge on any atom is -0.454 e. The molecule has 3 nitrogen and oxygen atoms in total. The number of hydrogen-bond donors (Lipinski definition) is 0. The van der Waals surface area contributed by atoms with Gasteiger partial charge >= 0.3 is 0 Å². The summed E-state index contributed by atoms with van der Waals surface area (Å²) in [5.41, 5.74) is 0.819. The molecule has 0 atom stereocenters. The van der Waals surface area contributed by atoms with Crippen molar-refractivity contribution in [3.8, 4) is 11.5 Å². The molecule has 1 aromatic carbocycles. The fraction of sp³-hybridized carbons (Fsp3) is 0.182. The third-order valence-corrected chi connectivity index (χ3v) is 2.24. The molecule has 0 aromatic heterocycles. The van der Waals surface area contributed by atoms with E-state index in [-0.39, 0.29) is 12.6 Å². The largest absolute Gasteiger partial charge is 0.454 e. The molecule has 0 unspecified atom stereocenters. The average molecular weight is 225 g/mol. The Morgan fingerprint density at radius 2 is 2.27 bits per heavy atom. The van der Waals surface area contributed by atoms with E-state index in [1.165, 1.54) is 13.0 Å². The summed E-state index contributed by atoms with van der Waals surface area (Å²) in [4.78, 5) is 10.8. The van der Waals surface area contributed by atoms with Crippen LogP contribution in [0.4, 0.5) is 0 Å². The van der Waals surface area contributed by atoms with Crippen molar-refractivity contribution in [1.82, 2.24) is 0 Å². The number of benzene rings is 1. The molecular formula is C11H9ClO3. The molecule has 0 amide bonds. The van der Waals surface area contributed by atoms with E-state index in [0.717, 1.165) is 5.56 Å². The number of allylic oxidation sites excluding steroid dienone is 1. The molecule has 1 aromatic rings. The summed E-state index contributed by atoms with van der Waals surface area (Å²) in [5.74, 6) is 1.17. The van der Waals surface area contributed by atoms with Gasteiger partial charge in [-0.15, -0.1) is 0 Å². The normalized spacial score (nSPS) is 13.5. The first-order valence-corrected chi connectivity index (χ1v) is 4.82. The van der Waals surface area contributed by atoms with E-state index in [4.69, 9.17) is 21.1 Å². The zero-order chi connectivity index (χ0) is 10.8. The molecule has 4 heteroatoms. The minimum absolute atomic E-state index is 0.0104. The Balaban J connectivity index is 2.35. The number of carbonyl (C=O) groups excluding carboxylic acids is 1. The summed E-state index contributed by atoms with van der Waals surface area (Å²) in [6.07, 6.45) is 3.17. The van der Waals surface area contributed by atoms with Crippen molar-refractivity contribution in [3.63, 3.8) is 0 Å². The zero-order valence-electron chi connectivity index (χ0n) is 8.12. The first-order chi connectivity index (χ1) is 7.16. The Morgan fingerprint density at radius 3 is 3.00 bits per heavy atom. The van der Waals surface area contributed by atoms with Crippen LogP contribution in [0.1, 0.15) is 12.5 Å². The van der Waals surface area contributed by atoms with Crippen molar-refractivity contribution in [2.24, 2.45) is 0 Å². The molecule has 2 rings (SSSR count). The average Bonchev–Trinajstić information content (AvgIpc) is 2.63. The molecule has 0 saturated carbocycles. The Kier molecular flexibility index (Phi) is 2.64. The standard InChI is InChI=1S/C11H9ClO3/c1-7(13)2-3-8-4-9(12)11-10(5-8)14-6-15-11/h2-5H,6H2,1H3. The highest BCUT2D eigenvalue weighted by atomic mass is 35.5. The van der Waals surface area contributed by atoms with Gasteiger partial charge in [0.15, 0.2) is 17.3 Å². The van der Waals surface area contributed by atoms with Gasteiger partial charge in [-0.3, -0.25) is 4.79 Å². The van der Waals surface area contributed by atoms with Crippen LogP contribution in [0.25, 0.3) is 6.08 Å². The Bertz CT molecular complexity index is 438. The number of hydrogen-bond acceptors (Lipinski definition) is 3. The van der Waals surface area contributed by atoms with Crippen LogP contribution in [-0.2, 0) is 4.79 Å². The third-order valence-electron chi connectivity index (χ3n) is 1.96. The fourth-order valence-electron chi connectivity index (χ4n) is 1.30. The van der Waals surface area contributed by atoms with Gasteiger partial charge in [0.2, 0.25) is 6.79 Å². The summed E-state index contributed by atoms with van der Waals surface area (Å²) in [6, 6.07) is 3.52. The van der Waals surface area contributed by atoms with Gasteiger partial charge in [0.1, 0.15) is 0 Å². The molecule has 0 N–H and O–H groups in total. The molecule has 0 spiro atoms. The van der Waals surface area contributed by atoms with Crippen LogP contribution in [0.15, 0.2) is 18.2 Å². The lowest BCUT2D eigenvalue weighted by atomic mass is 10.2. The van der Waals surface area contributed by atoms with Crippen molar-refractivity contribution in [1.29, 1.82) is 0 Å². The van der Waals surface area contributed by atoms with Gasteiger partial charge in [-0.1, -0.05) is 17.7 Å². The number of ketones is 1. The molecule has 0 aliphatic carbocycles. The van der Waals surface area contributed by atoms with Gasteiger partial charge in [-0.2, -0.15) is 0 Å². The first kappa shape index (κ1) is 10.1. The summed E-state index contributed by atoms with van der Waals surface area (Å²) in [7, 11) is 0. The molecule has 0 bridgehead atoms. The summed E-state index contributed by atoms with van der Waals surface area (Å²) in [6.45, 7) is 1.68. The SMILES string of the molecule is CC(=O)C=Cc1cc(Cl)c2c(c1)OCO2. The first-order valence-electron chi connectivity index (χ1n) is 4.44. The number of fused-ring (bicyclic) bond motifs is 1. The summed E-state index contributed by atoms with van der Waals surface area (Å²) in [5, 5.41) is 0.494. The van der Waals surface area contributed by atoms with Crippen LogP contribution in [0, 0.1) is 0 Å². The quantitative estimate of drug-likeness (QED) is 0.725. The van der Waals surface area contributed by atoms with E-state index < -0.39 is 0 Å². The Morgan fingerprint density at radius 1 is 1.47 bits per heavy atom. The molecule has 0 fully saturated rings. The van der Waals surface area contributed by atoms with Gasteiger partial charge < -0.3 is 9.47 Å². The van der Waals surface area contributed by atoms with Gasteiger partial charge in [-0.05, 0) is 30.7 Å². The van der Waals surface area contributed by atoms with Crippen LogP contribution in [-0.4, -0.2) is 12.6 Å². The van der Waals surface area contributed by atoms with Crippen molar-refractivity contribution < 1.29 is 14.3 Å². The summed E-state index contributed by atoms with van der Waals surface area (Å²) >= 11 is 5.97. The molecule has 78 valence electrons. The fourth-order valence-corrected chi connectivity index (χ4v) is 1.57. The van der Waals surface area contributed by atoms with E-state index in [1.807, 2.05) is 0 Å². The Labute approximate surface area is 92.3 Å². The molecule has 1 aliphatic rings. The van der Waals surface area contributed by atoms with Crippen molar-refractivity contribution >= 4 is 23.5 Å². The predicted molar refractivity (Wildman–Crippen MR) is 57.3 cm³/mol. The van der Waals surface area contributed by atoms with Gasteiger partial charge in [0.05, 0.1) is 5.02 Å². The monoisotopic (exact) mass is 224 g/mol. The molecule has 0 saturated heterocycles. The minimum atomic E-state index is -0.0104. The molecular weight excluding hydrogens is 216 g/mol. The number of carbonyl (C=O) groups is 1. The lowest BCUT2D eigenvalue weighted by Crippen LogP contribution is -1.93. The third kappa shape index (κ3) is 2.13. The highest BCUT2D eigenvalue weighted by molar-refractivity contribution is 6.32. The van der Waals surface area contributed by atoms with E-state index in [0.29, 0.717) is 16.5 Å². The topological polar surface area (TPSA) is 35.5 Å². The number of ether oxygens (including phenoxy) is 2. The smallest absolute Gasteiger partial charge is 0.231 e.